The quantitative estimate of drug-likeness (QED) is 0.666. The Morgan fingerprint density at radius 1 is 1.00 bits per heavy atom. The van der Waals surface area contributed by atoms with Crippen molar-refractivity contribution in [1.29, 1.82) is 0 Å². The van der Waals surface area contributed by atoms with Gasteiger partial charge in [0, 0.05) is 6.61 Å². The van der Waals surface area contributed by atoms with Crippen LogP contribution in [0.25, 0.3) is 0 Å². The first-order valence-corrected chi connectivity index (χ1v) is 6.94. The molecular formula is C14H30O. The lowest BCUT2D eigenvalue weighted by molar-refractivity contribution is 0.0708. The van der Waals surface area contributed by atoms with Crippen molar-refractivity contribution >= 4 is 0 Å². The van der Waals surface area contributed by atoms with E-state index in [-0.39, 0.29) is 0 Å². The minimum atomic E-state index is 0.327. The summed E-state index contributed by atoms with van der Waals surface area (Å²) in [6, 6.07) is 0. The van der Waals surface area contributed by atoms with Gasteiger partial charge in [-0.2, -0.15) is 0 Å². The number of aliphatic hydroxyl groups excluding tert-OH is 1. The van der Waals surface area contributed by atoms with E-state index in [1.165, 1.54) is 57.8 Å². The van der Waals surface area contributed by atoms with E-state index < -0.39 is 0 Å². The molecule has 1 aliphatic rings. The van der Waals surface area contributed by atoms with E-state index in [0.29, 0.717) is 12.0 Å². The smallest absolute Gasteiger partial charge is 0.0487 e. The fourth-order valence-electron chi connectivity index (χ4n) is 2.54. The third-order valence-electron chi connectivity index (χ3n) is 3.56. The molecule has 0 aromatic carbocycles. The molecule has 92 valence electrons. The number of hydrogen-bond acceptors (Lipinski definition) is 1. The molecule has 0 atom stereocenters. The van der Waals surface area contributed by atoms with Crippen molar-refractivity contribution in [2.45, 2.75) is 78.6 Å². The Labute approximate surface area is 96.3 Å². The molecule has 0 unspecified atom stereocenters. The van der Waals surface area contributed by atoms with Crippen molar-refractivity contribution in [3.05, 3.63) is 0 Å². The van der Waals surface area contributed by atoms with Gasteiger partial charge in [0.1, 0.15) is 0 Å². The Bertz CT molecular complexity index is 125. The summed E-state index contributed by atoms with van der Waals surface area (Å²) >= 11 is 0. The summed E-state index contributed by atoms with van der Waals surface area (Å²) in [5, 5.41) is 9.44. The molecule has 15 heavy (non-hydrogen) atoms. The van der Waals surface area contributed by atoms with Gasteiger partial charge in [-0.05, 0) is 24.7 Å². The molecule has 0 aromatic rings. The van der Waals surface area contributed by atoms with Crippen LogP contribution in [0.5, 0.6) is 0 Å². The van der Waals surface area contributed by atoms with E-state index in [9.17, 15) is 5.11 Å². The summed E-state index contributed by atoms with van der Waals surface area (Å²) in [7, 11) is 0. The van der Waals surface area contributed by atoms with E-state index in [4.69, 9.17) is 0 Å². The third kappa shape index (κ3) is 5.55. The highest BCUT2D eigenvalue weighted by molar-refractivity contribution is 4.81. The average Bonchev–Trinajstić information content (AvgIpc) is 2.33. The number of hydrogen-bond donors (Lipinski definition) is 1. The van der Waals surface area contributed by atoms with Gasteiger partial charge in [-0.1, -0.05) is 59.3 Å². The first-order chi connectivity index (χ1) is 7.33. The molecule has 1 saturated carbocycles. The van der Waals surface area contributed by atoms with Gasteiger partial charge in [0.2, 0.25) is 0 Å². The van der Waals surface area contributed by atoms with Gasteiger partial charge in [-0.25, -0.2) is 0 Å². The van der Waals surface area contributed by atoms with Crippen LogP contribution in [-0.2, 0) is 0 Å². The molecular weight excluding hydrogens is 184 g/mol. The molecule has 0 amide bonds. The van der Waals surface area contributed by atoms with Crippen LogP contribution in [0.2, 0.25) is 0 Å². The van der Waals surface area contributed by atoms with Crippen LogP contribution in [0.3, 0.4) is 0 Å². The van der Waals surface area contributed by atoms with Crippen LogP contribution in [0.1, 0.15) is 78.6 Å². The largest absolute Gasteiger partial charge is 0.396 e. The molecule has 1 rings (SSSR count). The molecule has 1 nitrogen and oxygen atoms in total. The van der Waals surface area contributed by atoms with Gasteiger partial charge in [0.15, 0.2) is 0 Å². The zero-order valence-corrected chi connectivity index (χ0v) is 11.0. The van der Waals surface area contributed by atoms with Gasteiger partial charge < -0.3 is 5.11 Å². The van der Waals surface area contributed by atoms with Crippen molar-refractivity contribution in [2.75, 3.05) is 6.61 Å². The van der Waals surface area contributed by atoms with Gasteiger partial charge in [-0.15, -0.1) is 0 Å². The molecule has 0 heterocycles. The van der Waals surface area contributed by atoms with Gasteiger partial charge in [0.05, 0.1) is 0 Å². The molecule has 1 fully saturated rings. The lowest BCUT2D eigenvalue weighted by atomic mass is 9.71. The van der Waals surface area contributed by atoms with E-state index in [1.807, 2.05) is 13.8 Å². The highest BCUT2D eigenvalue weighted by Gasteiger charge is 2.30. The number of unbranched alkanes of at least 4 members (excludes halogenated alkanes) is 2. The van der Waals surface area contributed by atoms with Crippen LogP contribution in [-0.4, -0.2) is 11.7 Å². The normalized spacial score (nSPS) is 19.2. The van der Waals surface area contributed by atoms with Crippen LogP contribution >= 0.6 is 0 Å². The minimum Gasteiger partial charge on any atom is -0.396 e. The van der Waals surface area contributed by atoms with E-state index in [0.717, 1.165) is 0 Å². The molecule has 0 aromatic heterocycles. The predicted molar refractivity (Wildman–Crippen MR) is 68.1 cm³/mol. The third-order valence-corrected chi connectivity index (χ3v) is 3.56. The summed E-state index contributed by atoms with van der Waals surface area (Å²) in [5.41, 5.74) is 0.327. The SMILES string of the molecule is CC.CCCCCC1(CO)CCCCC1. The highest BCUT2D eigenvalue weighted by Crippen LogP contribution is 2.40. The molecule has 0 radical (unpaired) electrons. The summed E-state index contributed by atoms with van der Waals surface area (Å²) in [6.07, 6.45) is 11.8. The molecule has 0 aliphatic heterocycles. The second-order valence-electron chi connectivity index (χ2n) is 4.68. The predicted octanol–water partition coefficient (Wildman–Crippen LogP) is 4.54. The van der Waals surface area contributed by atoms with Crippen molar-refractivity contribution in [3.8, 4) is 0 Å². The average molecular weight is 214 g/mol. The monoisotopic (exact) mass is 214 g/mol. The Morgan fingerprint density at radius 3 is 2.07 bits per heavy atom. The number of rotatable bonds is 5. The first-order valence-electron chi connectivity index (χ1n) is 6.94. The van der Waals surface area contributed by atoms with Gasteiger partial charge >= 0.3 is 0 Å². The maximum absolute atomic E-state index is 9.44. The summed E-state index contributed by atoms with van der Waals surface area (Å²) in [4.78, 5) is 0. The van der Waals surface area contributed by atoms with Crippen molar-refractivity contribution in [1.82, 2.24) is 0 Å². The molecule has 0 spiro atoms. The van der Waals surface area contributed by atoms with E-state index >= 15 is 0 Å². The lowest BCUT2D eigenvalue weighted by Gasteiger charge is -2.35. The maximum atomic E-state index is 9.44. The Balaban J connectivity index is 0.000000921. The molecule has 1 N–H and O–H groups in total. The van der Waals surface area contributed by atoms with Crippen LogP contribution in [0, 0.1) is 5.41 Å². The Morgan fingerprint density at radius 2 is 1.60 bits per heavy atom. The Kier molecular flexibility index (Phi) is 9.18. The summed E-state index contributed by atoms with van der Waals surface area (Å²) < 4.78 is 0. The van der Waals surface area contributed by atoms with Crippen LogP contribution in [0.4, 0.5) is 0 Å². The topological polar surface area (TPSA) is 20.2 Å². The molecule has 1 aliphatic carbocycles. The fraction of sp³-hybridized carbons (Fsp3) is 1.00. The fourth-order valence-corrected chi connectivity index (χ4v) is 2.54. The summed E-state index contributed by atoms with van der Waals surface area (Å²) in [6.45, 7) is 6.67. The van der Waals surface area contributed by atoms with E-state index in [1.54, 1.807) is 0 Å². The zero-order chi connectivity index (χ0) is 11.6. The second kappa shape index (κ2) is 9.21. The van der Waals surface area contributed by atoms with Gasteiger partial charge in [-0.3, -0.25) is 0 Å². The first kappa shape index (κ1) is 15.0. The molecule has 1 heteroatoms. The lowest BCUT2D eigenvalue weighted by Crippen LogP contribution is -2.28. The Hall–Kier alpha value is -0.0400. The highest BCUT2D eigenvalue weighted by atomic mass is 16.3. The second-order valence-corrected chi connectivity index (χ2v) is 4.68. The standard InChI is InChI=1S/C12H24O.C2H6/c1-2-3-5-8-12(11-13)9-6-4-7-10-12;1-2/h13H,2-11H2,1H3;1-2H3. The van der Waals surface area contributed by atoms with Crippen molar-refractivity contribution in [3.63, 3.8) is 0 Å². The van der Waals surface area contributed by atoms with Crippen LogP contribution < -0.4 is 0 Å². The molecule has 0 saturated heterocycles. The maximum Gasteiger partial charge on any atom is 0.0487 e. The van der Waals surface area contributed by atoms with E-state index in [2.05, 4.69) is 6.92 Å². The summed E-state index contributed by atoms with van der Waals surface area (Å²) in [5.74, 6) is 0. The van der Waals surface area contributed by atoms with Crippen LogP contribution in [0.15, 0.2) is 0 Å². The van der Waals surface area contributed by atoms with Crippen molar-refractivity contribution < 1.29 is 5.11 Å². The minimum absolute atomic E-state index is 0.327. The zero-order valence-electron chi connectivity index (χ0n) is 11.0. The van der Waals surface area contributed by atoms with Crippen molar-refractivity contribution in [2.24, 2.45) is 5.41 Å². The van der Waals surface area contributed by atoms with Gasteiger partial charge in [0.25, 0.3) is 0 Å². The number of aliphatic hydroxyl groups is 1. The molecule has 0 bridgehead atoms.